The lowest BCUT2D eigenvalue weighted by molar-refractivity contribution is -0.116. The molecule has 14 heavy (non-hydrogen) atoms. The molecule has 0 bridgehead atoms. The monoisotopic (exact) mass is 192 g/mol. The van der Waals surface area contributed by atoms with Gasteiger partial charge in [-0.3, -0.25) is 4.79 Å². The number of amides is 1. The summed E-state index contributed by atoms with van der Waals surface area (Å²) in [4.78, 5) is 11.1. The van der Waals surface area contributed by atoms with E-state index in [0.29, 0.717) is 18.4 Å². The topological polar surface area (TPSA) is 75.3 Å². The molecule has 4 N–H and O–H groups in total. The molecule has 1 aliphatic rings. The van der Waals surface area contributed by atoms with E-state index in [-0.39, 0.29) is 5.91 Å². The lowest BCUT2D eigenvalue weighted by Crippen LogP contribution is -2.19. The summed E-state index contributed by atoms with van der Waals surface area (Å²) in [5.74, 6) is 0.0403. The summed E-state index contributed by atoms with van der Waals surface area (Å²) >= 11 is 0. The van der Waals surface area contributed by atoms with Crippen LogP contribution in [-0.4, -0.2) is 11.0 Å². The maximum atomic E-state index is 11.1. The van der Waals surface area contributed by atoms with Crippen molar-refractivity contribution in [3.05, 3.63) is 29.3 Å². The third-order valence-corrected chi connectivity index (χ3v) is 2.37. The highest BCUT2D eigenvalue weighted by molar-refractivity contribution is 5.93. The fourth-order valence-corrected chi connectivity index (χ4v) is 1.59. The maximum absolute atomic E-state index is 11.1. The molecule has 1 aromatic carbocycles. The average molecular weight is 192 g/mol. The Hall–Kier alpha value is -1.39. The highest BCUT2D eigenvalue weighted by Crippen LogP contribution is 2.24. The second kappa shape index (κ2) is 3.40. The van der Waals surface area contributed by atoms with E-state index in [9.17, 15) is 4.79 Å². The Labute approximate surface area is 81.7 Å². The Morgan fingerprint density at radius 3 is 2.93 bits per heavy atom. The van der Waals surface area contributed by atoms with Crippen molar-refractivity contribution in [1.29, 1.82) is 0 Å². The highest BCUT2D eigenvalue weighted by atomic mass is 16.3. The smallest absolute Gasteiger partial charge is 0.224 e. The highest BCUT2D eigenvalue weighted by Gasteiger charge is 2.15. The van der Waals surface area contributed by atoms with Gasteiger partial charge in [-0.25, -0.2) is 0 Å². The first kappa shape index (κ1) is 9.18. The molecule has 1 heterocycles. The van der Waals surface area contributed by atoms with E-state index >= 15 is 0 Å². The Morgan fingerprint density at radius 2 is 2.21 bits per heavy atom. The van der Waals surface area contributed by atoms with Crippen LogP contribution in [0.3, 0.4) is 0 Å². The maximum Gasteiger partial charge on any atom is 0.224 e. The zero-order valence-corrected chi connectivity index (χ0v) is 7.66. The summed E-state index contributed by atoms with van der Waals surface area (Å²) in [7, 11) is 0. The van der Waals surface area contributed by atoms with Crippen LogP contribution in [-0.2, 0) is 11.2 Å². The van der Waals surface area contributed by atoms with Crippen molar-refractivity contribution in [1.82, 2.24) is 0 Å². The first-order valence-electron chi connectivity index (χ1n) is 4.53. The van der Waals surface area contributed by atoms with Crippen LogP contribution in [0.4, 0.5) is 5.69 Å². The third-order valence-electron chi connectivity index (χ3n) is 2.37. The number of hydrogen-bond acceptors (Lipinski definition) is 3. The standard InChI is InChI=1S/C10H12N2O2/c11-10(14)7-1-3-8-6(5-7)2-4-9(13)12-8/h1,3,5,10,14H,2,4,11H2,(H,12,13). The molecule has 74 valence electrons. The van der Waals surface area contributed by atoms with Crippen LogP contribution >= 0.6 is 0 Å². The minimum absolute atomic E-state index is 0.0403. The number of fused-ring (bicyclic) bond motifs is 1. The quantitative estimate of drug-likeness (QED) is 0.568. The van der Waals surface area contributed by atoms with E-state index in [1.807, 2.05) is 6.07 Å². The van der Waals surface area contributed by atoms with E-state index in [1.54, 1.807) is 12.1 Å². The molecule has 1 aromatic rings. The zero-order chi connectivity index (χ0) is 10.1. The number of carbonyl (C=O) groups excluding carboxylic acids is 1. The molecular formula is C10H12N2O2. The predicted molar refractivity (Wildman–Crippen MR) is 52.5 cm³/mol. The molecule has 0 spiro atoms. The number of rotatable bonds is 1. The first-order valence-corrected chi connectivity index (χ1v) is 4.53. The lowest BCUT2D eigenvalue weighted by atomic mass is 10.00. The van der Waals surface area contributed by atoms with Gasteiger partial charge in [0.1, 0.15) is 6.23 Å². The molecule has 1 unspecified atom stereocenters. The predicted octanol–water partition coefficient (Wildman–Crippen LogP) is 0.521. The number of aryl methyl sites for hydroxylation is 1. The molecule has 0 radical (unpaired) electrons. The van der Waals surface area contributed by atoms with Gasteiger partial charge in [-0.1, -0.05) is 6.07 Å². The summed E-state index contributed by atoms with van der Waals surface area (Å²) in [5.41, 5.74) is 7.88. The first-order chi connectivity index (χ1) is 6.66. The van der Waals surface area contributed by atoms with E-state index in [0.717, 1.165) is 11.3 Å². The zero-order valence-electron chi connectivity index (χ0n) is 7.66. The van der Waals surface area contributed by atoms with Crippen LogP contribution in [0.15, 0.2) is 18.2 Å². The number of anilines is 1. The molecule has 2 rings (SSSR count). The molecule has 0 aliphatic carbocycles. The Balaban J connectivity index is 2.36. The summed E-state index contributed by atoms with van der Waals surface area (Å²) in [6.45, 7) is 0. The van der Waals surface area contributed by atoms with Gasteiger partial charge in [0.05, 0.1) is 0 Å². The van der Waals surface area contributed by atoms with Crippen LogP contribution in [0.5, 0.6) is 0 Å². The number of nitrogens with two attached hydrogens (primary N) is 1. The Kier molecular flexibility index (Phi) is 2.23. The number of aliphatic hydroxyl groups excluding tert-OH is 1. The fourth-order valence-electron chi connectivity index (χ4n) is 1.59. The van der Waals surface area contributed by atoms with Crippen LogP contribution < -0.4 is 11.1 Å². The van der Waals surface area contributed by atoms with Gasteiger partial charge in [-0.2, -0.15) is 0 Å². The molecule has 1 amide bonds. The van der Waals surface area contributed by atoms with E-state index in [1.165, 1.54) is 0 Å². The van der Waals surface area contributed by atoms with Gasteiger partial charge in [0.2, 0.25) is 5.91 Å². The molecule has 1 atom stereocenters. The fraction of sp³-hybridized carbons (Fsp3) is 0.300. The number of hydrogen-bond donors (Lipinski definition) is 3. The van der Waals surface area contributed by atoms with Crippen molar-refractivity contribution in [2.75, 3.05) is 5.32 Å². The number of carbonyl (C=O) groups is 1. The van der Waals surface area contributed by atoms with Crippen molar-refractivity contribution in [3.63, 3.8) is 0 Å². The molecule has 4 heteroatoms. The molecule has 0 saturated heterocycles. The summed E-state index contributed by atoms with van der Waals surface area (Å²) in [6.07, 6.45) is 0.261. The molecule has 0 saturated carbocycles. The largest absolute Gasteiger partial charge is 0.375 e. The average Bonchev–Trinajstić information content (AvgIpc) is 2.16. The van der Waals surface area contributed by atoms with Gasteiger partial charge < -0.3 is 16.2 Å². The van der Waals surface area contributed by atoms with Crippen molar-refractivity contribution in [2.24, 2.45) is 5.73 Å². The molecule has 4 nitrogen and oxygen atoms in total. The normalized spacial score (nSPS) is 17.1. The molecular weight excluding hydrogens is 180 g/mol. The van der Waals surface area contributed by atoms with Crippen molar-refractivity contribution in [3.8, 4) is 0 Å². The van der Waals surface area contributed by atoms with Crippen LogP contribution in [0.25, 0.3) is 0 Å². The number of nitrogens with one attached hydrogen (secondary N) is 1. The second-order valence-corrected chi connectivity index (χ2v) is 3.41. The minimum Gasteiger partial charge on any atom is -0.375 e. The Bertz CT molecular complexity index is 374. The van der Waals surface area contributed by atoms with Crippen molar-refractivity contribution >= 4 is 11.6 Å². The van der Waals surface area contributed by atoms with E-state index in [4.69, 9.17) is 10.8 Å². The third kappa shape index (κ3) is 1.62. The van der Waals surface area contributed by atoms with E-state index in [2.05, 4.69) is 5.32 Å². The summed E-state index contributed by atoms with van der Waals surface area (Å²) in [6, 6.07) is 5.33. The van der Waals surface area contributed by atoms with Crippen LogP contribution in [0.1, 0.15) is 23.8 Å². The van der Waals surface area contributed by atoms with Gasteiger partial charge in [0.15, 0.2) is 0 Å². The Morgan fingerprint density at radius 1 is 1.43 bits per heavy atom. The molecule has 0 fully saturated rings. The van der Waals surface area contributed by atoms with Crippen LogP contribution in [0.2, 0.25) is 0 Å². The van der Waals surface area contributed by atoms with E-state index < -0.39 is 6.23 Å². The van der Waals surface area contributed by atoms with Crippen molar-refractivity contribution < 1.29 is 9.90 Å². The minimum atomic E-state index is -0.946. The second-order valence-electron chi connectivity index (χ2n) is 3.41. The van der Waals surface area contributed by atoms with Gasteiger partial charge in [-0.15, -0.1) is 0 Å². The summed E-state index contributed by atoms with van der Waals surface area (Å²) < 4.78 is 0. The van der Waals surface area contributed by atoms with Gasteiger partial charge in [0.25, 0.3) is 0 Å². The SMILES string of the molecule is NC(O)c1ccc2c(c1)CCC(=O)N2. The van der Waals surface area contributed by atoms with Crippen molar-refractivity contribution in [2.45, 2.75) is 19.1 Å². The number of aliphatic hydroxyl groups is 1. The van der Waals surface area contributed by atoms with Gasteiger partial charge in [-0.05, 0) is 29.7 Å². The van der Waals surface area contributed by atoms with Crippen LogP contribution in [0, 0.1) is 0 Å². The van der Waals surface area contributed by atoms with Gasteiger partial charge in [0, 0.05) is 12.1 Å². The number of benzene rings is 1. The molecule has 0 aromatic heterocycles. The lowest BCUT2D eigenvalue weighted by Gasteiger charge is -2.18. The summed E-state index contributed by atoms with van der Waals surface area (Å²) in [5, 5.41) is 11.9. The molecule has 1 aliphatic heterocycles. The van der Waals surface area contributed by atoms with Gasteiger partial charge >= 0.3 is 0 Å².